The van der Waals surface area contributed by atoms with Gasteiger partial charge in [-0.1, -0.05) is 25.3 Å². The first kappa shape index (κ1) is 30.6. The average Bonchev–Trinajstić information content (AvgIpc) is 3.32. The van der Waals surface area contributed by atoms with Gasteiger partial charge in [0.2, 0.25) is 0 Å². The summed E-state index contributed by atoms with van der Waals surface area (Å²) in [5.41, 5.74) is 7.78. The van der Waals surface area contributed by atoms with E-state index in [4.69, 9.17) is 9.47 Å². The number of carboxylic acid groups (broad SMARTS) is 1. The van der Waals surface area contributed by atoms with E-state index in [2.05, 4.69) is 33.5 Å². The zero-order valence-electron chi connectivity index (χ0n) is 26.5. The molecule has 1 N–H and O–H groups in total. The third-order valence-electron chi connectivity index (χ3n) is 9.88. The number of ether oxygens (including phenoxy) is 2. The topological polar surface area (TPSA) is 101 Å². The molecule has 10 heteroatoms. The van der Waals surface area contributed by atoms with Crippen molar-refractivity contribution in [1.82, 2.24) is 4.57 Å². The summed E-state index contributed by atoms with van der Waals surface area (Å²) in [4.78, 5) is 16.7. The number of rotatable bonds is 7. The molecule has 0 bridgehead atoms. The minimum Gasteiger partial charge on any atom is -0.489 e. The van der Waals surface area contributed by atoms with Crippen LogP contribution >= 0.6 is 0 Å². The molecule has 0 spiro atoms. The van der Waals surface area contributed by atoms with Gasteiger partial charge in [0.15, 0.2) is 9.84 Å². The first-order valence-electron chi connectivity index (χ1n) is 16.2. The first-order chi connectivity index (χ1) is 22.2. The molecule has 4 aromatic rings. The maximum absolute atomic E-state index is 12.4. The molecule has 2 fully saturated rings. The highest BCUT2D eigenvalue weighted by molar-refractivity contribution is 7.90. The fourth-order valence-electron chi connectivity index (χ4n) is 7.51. The molecule has 2 aliphatic heterocycles. The third-order valence-corrected chi connectivity index (χ3v) is 11.0. The van der Waals surface area contributed by atoms with Crippen LogP contribution in [0.25, 0.3) is 22.2 Å². The number of benzene rings is 3. The predicted octanol–water partition coefficient (Wildman–Crippen LogP) is 6.32. The van der Waals surface area contributed by atoms with Gasteiger partial charge in [-0.3, -0.25) is 0 Å². The summed E-state index contributed by atoms with van der Waals surface area (Å²) in [7, 11) is -1.29. The summed E-state index contributed by atoms with van der Waals surface area (Å²) >= 11 is 0. The predicted molar refractivity (Wildman–Crippen MR) is 180 cm³/mol. The maximum atomic E-state index is 12.4. The van der Waals surface area contributed by atoms with E-state index in [1.807, 2.05) is 24.3 Å². The lowest BCUT2D eigenvalue weighted by Crippen LogP contribution is -2.36. The highest BCUT2D eigenvalue weighted by atomic mass is 32.2. The molecule has 3 aromatic carbocycles. The fourth-order valence-corrected chi connectivity index (χ4v) is 8.18. The van der Waals surface area contributed by atoms with Crippen LogP contribution in [0, 0.1) is 0 Å². The summed E-state index contributed by atoms with van der Waals surface area (Å²) in [6.07, 6.45) is 7.17. The van der Waals surface area contributed by atoms with Crippen LogP contribution in [0.4, 0.5) is 11.4 Å². The summed E-state index contributed by atoms with van der Waals surface area (Å²) in [6.45, 7) is 4.45. The summed E-state index contributed by atoms with van der Waals surface area (Å²) in [6, 6.07) is 17.1. The molecule has 0 atom stereocenters. The van der Waals surface area contributed by atoms with Gasteiger partial charge in [0.25, 0.3) is 0 Å². The quantitative estimate of drug-likeness (QED) is 0.250. The number of carbonyl (C=O) groups is 1. The number of aromatic carboxylic acids is 1. The van der Waals surface area contributed by atoms with Gasteiger partial charge >= 0.3 is 5.97 Å². The Hall–Kier alpha value is -4.02. The minimum atomic E-state index is -3.38. The van der Waals surface area contributed by atoms with Crippen LogP contribution in [0.2, 0.25) is 0 Å². The van der Waals surface area contributed by atoms with Gasteiger partial charge in [0.1, 0.15) is 12.4 Å². The molecule has 7 rings (SSSR count). The van der Waals surface area contributed by atoms with E-state index in [1.165, 1.54) is 36.8 Å². The molecule has 1 saturated heterocycles. The number of carboxylic acids is 1. The van der Waals surface area contributed by atoms with Crippen molar-refractivity contribution < 1.29 is 27.8 Å². The molecular formula is C36H41N3O6S. The first-order valence-corrected chi connectivity index (χ1v) is 18.1. The van der Waals surface area contributed by atoms with Crippen molar-refractivity contribution in [3.63, 3.8) is 0 Å². The number of likely N-dealkylation sites (N-methyl/N-ethyl adjacent to an activating group) is 1. The Morgan fingerprint density at radius 1 is 0.935 bits per heavy atom. The number of sulfone groups is 1. The van der Waals surface area contributed by atoms with Crippen molar-refractivity contribution in [1.29, 1.82) is 0 Å². The van der Waals surface area contributed by atoms with E-state index in [1.54, 1.807) is 18.2 Å². The average molecular weight is 644 g/mol. The number of aromatic nitrogens is 1. The minimum absolute atomic E-state index is 0.226. The fraction of sp³-hybridized carbons (Fsp3) is 0.417. The SMILES string of the molecule is CN1CCn2c(c(C3CCCCC3)c3ccc(C(=O)O)cc32)-c2ccc(OCc3cc(S(C)(=O)=O)ccc3N3CCOCC3)cc21. The zero-order valence-corrected chi connectivity index (χ0v) is 27.3. The van der Waals surface area contributed by atoms with Crippen LogP contribution in [-0.2, 0) is 27.7 Å². The van der Waals surface area contributed by atoms with E-state index in [0.29, 0.717) is 30.4 Å². The van der Waals surface area contributed by atoms with Crippen molar-refractivity contribution in [2.24, 2.45) is 0 Å². The van der Waals surface area contributed by atoms with E-state index in [-0.39, 0.29) is 11.5 Å². The molecular weight excluding hydrogens is 602 g/mol. The second kappa shape index (κ2) is 12.3. The van der Waals surface area contributed by atoms with Crippen molar-refractivity contribution in [3.8, 4) is 17.0 Å². The van der Waals surface area contributed by atoms with Crippen molar-refractivity contribution in [2.75, 3.05) is 56.0 Å². The lowest BCUT2D eigenvalue weighted by atomic mass is 9.81. The van der Waals surface area contributed by atoms with Gasteiger partial charge in [0, 0.05) is 79.0 Å². The Kier molecular flexibility index (Phi) is 8.19. The van der Waals surface area contributed by atoms with Crippen LogP contribution in [0.5, 0.6) is 5.75 Å². The lowest BCUT2D eigenvalue weighted by molar-refractivity contribution is 0.0697. The van der Waals surface area contributed by atoms with Crippen LogP contribution in [0.15, 0.2) is 59.5 Å². The second-order valence-corrected chi connectivity index (χ2v) is 14.9. The number of fused-ring (bicyclic) bond motifs is 5. The number of hydrogen-bond acceptors (Lipinski definition) is 7. The Balaban J connectivity index is 1.28. The molecule has 0 amide bonds. The second-order valence-electron chi connectivity index (χ2n) is 12.8. The Morgan fingerprint density at radius 2 is 1.72 bits per heavy atom. The molecule has 242 valence electrons. The highest BCUT2D eigenvalue weighted by Crippen LogP contribution is 2.48. The van der Waals surface area contributed by atoms with E-state index in [0.717, 1.165) is 72.4 Å². The Morgan fingerprint density at radius 3 is 2.46 bits per heavy atom. The van der Waals surface area contributed by atoms with Gasteiger partial charge in [-0.2, -0.15) is 0 Å². The number of morpholine rings is 1. The van der Waals surface area contributed by atoms with Crippen LogP contribution in [0.3, 0.4) is 0 Å². The number of hydrogen-bond donors (Lipinski definition) is 1. The van der Waals surface area contributed by atoms with Crippen molar-refractivity contribution in [2.45, 2.75) is 56.1 Å². The van der Waals surface area contributed by atoms with Gasteiger partial charge in [-0.05, 0) is 66.8 Å². The molecule has 1 aliphatic carbocycles. The van der Waals surface area contributed by atoms with Crippen LogP contribution in [-0.4, -0.2) is 70.2 Å². The van der Waals surface area contributed by atoms with E-state index >= 15 is 0 Å². The largest absolute Gasteiger partial charge is 0.489 e. The van der Waals surface area contributed by atoms with Crippen LogP contribution in [0.1, 0.15) is 59.5 Å². The van der Waals surface area contributed by atoms with Crippen LogP contribution < -0.4 is 14.5 Å². The van der Waals surface area contributed by atoms with Crippen molar-refractivity contribution >= 4 is 38.1 Å². The Labute approximate surface area is 270 Å². The number of anilines is 2. The zero-order chi connectivity index (χ0) is 32.0. The molecule has 0 radical (unpaired) electrons. The van der Waals surface area contributed by atoms with Gasteiger partial charge in [-0.25, -0.2) is 13.2 Å². The Bertz CT molecular complexity index is 1900. The van der Waals surface area contributed by atoms with E-state index in [9.17, 15) is 18.3 Å². The van der Waals surface area contributed by atoms with Gasteiger partial charge in [0.05, 0.1) is 29.4 Å². The summed E-state index contributed by atoms with van der Waals surface area (Å²) < 4.78 is 39.2. The summed E-state index contributed by atoms with van der Waals surface area (Å²) in [5, 5.41) is 11.0. The standard InChI is InChI=1S/C36H41N3O6S/c1-37-14-15-39-33-21-25(36(40)41)8-11-29(33)34(24-6-4-3-5-7-24)35(39)30-12-9-27(22-32(30)37)45-23-26-20-28(46(2,42)43)10-13-31(26)38-16-18-44-19-17-38/h8-13,20-22,24H,3-7,14-19,23H2,1-2H3,(H,40,41). The normalized spacial score (nSPS) is 17.4. The van der Waals surface area contributed by atoms with Gasteiger partial charge < -0.3 is 28.9 Å². The van der Waals surface area contributed by atoms with Crippen molar-refractivity contribution in [3.05, 3.63) is 71.3 Å². The lowest BCUT2D eigenvalue weighted by Gasteiger charge is -2.31. The molecule has 0 unspecified atom stereocenters. The van der Waals surface area contributed by atoms with Gasteiger partial charge in [-0.15, -0.1) is 0 Å². The molecule has 1 saturated carbocycles. The van der Waals surface area contributed by atoms with E-state index < -0.39 is 15.8 Å². The molecule has 3 heterocycles. The molecule has 3 aliphatic rings. The number of nitrogens with zero attached hydrogens (tertiary/aromatic N) is 3. The molecule has 9 nitrogen and oxygen atoms in total. The molecule has 1 aromatic heterocycles. The molecule has 46 heavy (non-hydrogen) atoms. The third kappa shape index (κ3) is 5.73. The monoisotopic (exact) mass is 643 g/mol. The smallest absolute Gasteiger partial charge is 0.335 e. The highest BCUT2D eigenvalue weighted by Gasteiger charge is 2.30. The summed E-state index contributed by atoms with van der Waals surface area (Å²) in [5.74, 6) is 0.222. The maximum Gasteiger partial charge on any atom is 0.335 e.